The lowest BCUT2D eigenvalue weighted by Gasteiger charge is -2.09. The van der Waals surface area contributed by atoms with Gasteiger partial charge in [-0.25, -0.2) is 0 Å². The summed E-state index contributed by atoms with van der Waals surface area (Å²) in [6, 6.07) is -0.204. The Morgan fingerprint density at radius 1 is 1.25 bits per heavy atom. The van der Waals surface area contributed by atoms with Gasteiger partial charge in [0.15, 0.2) is 0 Å². The van der Waals surface area contributed by atoms with Crippen molar-refractivity contribution in [3.05, 3.63) is 0 Å². The van der Waals surface area contributed by atoms with Gasteiger partial charge in [0.1, 0.15) is 0 Å². The van der Waals surface area contributed by atoms with E-state index in [0.29, 0.717) is 6.42 Å². The quantitative estimate of drug-likeness (QED) is 0.374. The zero-order chi connectivity index (χ0) is 6.15. The molecule has 1 aliphatic rings. The molecule has 3 atom stereocenters. The lowest BCUT2D eigenvalue weighted by molar-refractivity contribution is 0.0364. The average Bonchev–Trinajstić information content (AvgIpc) is 1.98. The van der Waals surface area contributed by atoms with E-state index in [9.17, 15) is 0 Å². The maximum absolute atomic E-state index is 8.89. The van der Waals surface area contributed by atoms with Crippen LogP contribution in [0.5, 0.6) is 0 Å². The maximum atomic E-state index is 8.89. The van der Waals surface area contributed by atoms with Crippen molar-refractivity contribution >= 4 is 0 Å². The van der Waals surface area contributed by atoms with Crippen molar-refractivity contribution in [2.75, 3.05) is 0 Å². The summed E-state index contributed by atoms with van der Waals surface area (Å²) in [7, 11) is 0. The summed E-state index contributed by atoms with van der Waals surface area (Å²) in [5, 5.41) is 17.7. The topological polar surface area (TPSA) is 66.5 Å². The van der Waals surface area contributed by atoms with Gasteiger partial charge in [-0.3, -0.25) is 0 Å². The Morgan fingerprint density at radius 2 is 1.88 bits per heavy atom. The summed E-state index contributed by atoms with van der Waals surface area (Å²) in [5.41, 5.74) is 5.36. The molecule has 48 valence electrons. The average molecular weight is 117 g/mol. The summed E-state index contributed by atoms with van der Waals surface area (Å²) >= 11 is 0. The smallest absolute Gasteiger partial charge is 0.0949 e. The third-order valence-corrected chi connectivity index (χ3v) is 1.63. The molecule has 0 radical (unpaired) electrons. The number of nitrogens with two attached hydrogens (primary N) is 1. The molecule has 0 aromatic rings. The first-order valence-corrected chi connectivity index (χ1v) is 2.83. The molecule has 4 N–H and O–H groups in total. The van der Waals surface area contributed by atoms with Crippen LogP contribution in [-0.2, 0) is 0 Å². The molecule has 0 amide bonds. The predicted molar refractivity (Wildman–Crippen MR) is 29.2 cm³/mol. The van der Waals surface area contributed by atoms with Crippen LogP contribution in [0.15, 0.2) is 0 Å². The second-order valence-electron chi connectivity index (χ2n) is 2.30. The Labute approximate surface area is 48.1 Å². The SMILES string of the molecule is N[C@@H]1CC[C@@H](O)[C@@H]1O. The second-order valence-corrected chi connectivity index (χ2v) is 2.30. The van der Waals surface area contributed by atoms with E-state index in [1.807, 2.05) is 0 Å². The van der Waals surface area contributed by atoms with Gasteiger partial charge in [0.2, 0.25) is 0 Å². The zero-order valence-corrected chi connectivity index (χ0v) is 4.62. The van der Waals surface area contributed by atoms with Gasteiger partial charge in [-0.1, -0.05) is 0 Å². The maximum Gasteiger partial charge on any atom is 0.0949 e. The van der Waals surface area contributed by atoms with Crippen LogP contribution in [0.1, 0.15) is 12.8 Å². The molecule has 0 spiro atoms. The Balaban J connectivity index is 2.44. The minimum absolute atomic E-state index is 0.204. The van der Waals surface area contributed by atoms with Gasteiger partial charge in [-0.2, -0.15) is 0 Å². The first-order chi connectivity index (χ1) is 3.72. The van der Waals surface area contributed by atoms with E-state index in [1.54, 1.807) is 0 Å². The van der Waals surface area contributed by atoms with Crippen LogP contribution in [0.2, 0.25) is 0 Å². The van der Waals surface area contributed by atoms with Gasteiger partial charge in [-0.05, 0) is 12.8 Å². The number of rotatable bonds is 0. The van der Waals surface area contributed by atoms with E-state index in [-0.39, 0.29) is 6.04 Å². The van der Waals surface area contributed by atoms with Gasteiger partial charge in [0, 0.05) is 6.04 Å². The minimum Gasteiger partial charge on any atom is -0.390 e. The molecule has 1 fully saturated rings. The number of hydrogen-bond donors (Lipinski definition) is 3. The van der Waals surface area contributed by atoms with Crippen molar-refractivity contribution in [1.82, 2.24) is 0 Å². The van der Waals surface area contributed by atoms with E-state index in [4.69, 9.17) is 15.9 Å². The molecule has 0 heterocycles. The molecule has 0 unspecified atom stereocenters. The van der Waals surface area contributed by atoms with Gasteiger partial charge < -0.3 is 15.9 Å². The first-order valence-electron chi connectivity index (χ1n) is 2.83. The van der Waals surface area contributed by atoms with Crippen molar-refractivity contribution in [3.8, 4) is 0 Å². The summed E-state index contributed by atoms with van der Waals surface area (Å²) in [4.78, 5) is 0. The molecule has 0 aromatic carbocycles. The van der Waals surface area contributed by atoms with Crippen LogP contribution < -0.4 is 5.73 Å². The van der Waals surface area contributed by atoms with Gasteiger partial charge >= 0.3 is 0 Å². The highest BCUT2D eigenvalue weighted by Gasteiger charge is 2.29. The first kappa shape index (κ1) is 6.01. The van der Waals surface area contributed by atoms with Gasteiger partial charge in [0.25, 0.3) is 0 Å². The van der Waals surface area contributed by atoms with Crippen LogP contribution >= 0.6 is 0 Å². The zero-order valence-electron chi connectivity index (χ0n) is 4.62. The molecule has 0 aliphatic heterocycles. The Bertz CT molecular complexity index is 76.5. The third kappa shape index (κ3) is 0.844. The van der Waals surface area contributed by atoms with E-state index < -0.39 is 12.2 Å². The van der Waals surface area contributed by atoms with E-state index in [0.717, 1.165) is 6.42 Å². The summed E-state index contributed by atoms with van der Waals surface area (Å²) in [5.74, 6) is 0. The predicted octanol–water partition coefficient (Wildman–Crippen LogP) is -1.17. The molecule has 1 rings (SSSR count). The van der Waals surface area contributed by atoms with Crippen molar-refractivity contribution in [1.29, 1.82) is 0 Å². The summed E-state index contributed by atoms with van der Waals surface area (Å²) in [6.45, 7) is 0. The fraction of sp³-hybridized carbons (Fsp3) is 1.00. The molecule has 8 heavy (non-hydrogen) atoms. The normalized spacial score (nSPS) is 47.6. The molecule has 1 aliphatic carbocycles. The second kappa shape index (κ2) is 2.01. The van der Waals surface area contributed by atoms with Crippen LogP contribution in [0.3, 0.4) is 0 Å². The van der Waals surface area contributed by atoms with E-state index >= 15 is 0 Å². The molecular weight excluding hydrogens is 106 g/mol. The fourth-order valence-electron chi connectivity index (χ4n) is 0.990. The largest absolute Gasteiger partial charge is 0.390 e. The van der Waals surface area contributed by atoms with Crippen molar-refractivity contribution in [2.45, 2.75) is 31.1 Å². The Morgan fingerprint density at radius 3 is 2.00 bits per heavy atom. The number of aliphatic hydroxyl groups is 2. The summed E-state index contributed by atoms with van der Waals surface area (Å²) < 4.78 is 0. The van der Waals surface area contributed by atoms with Crippen molar-refractivity contribution in [3.63, 3.8) is 0 Å². The summed E-state index contributed by atoms with van der Waals surface area (Å²) in [6.07, 6.45) is 0.116. The van der Waals surface area contributed by atoms with Crippen LogP contribution in [0.25, 0.3) is 0 Å². The standard InChI is InChI=1S/C5H11NO2/c6-3-1-2-4(7)5(3)8/h3-5,7-8H,1-2,6H2/t3-,4-,5-/m1/s1. The molecule has 0 bridgehead atoms. The Kier molecular flexibility index (Phi) is 1.51. The molecule has 0 aromatic heterocycles. The van der Waals surface area contributed by atoms with E-state index in [2.05, 4.69) is 0 Å². The highest BCUT2D eigenvalue weighted by Crippen LogP contribution is 2.17. The van der Waals surface area contributed by atoms with Crippen LogP contribution in [0.4, 0.5) is 0 Å². The highest BCUT2D eigenvalue weighted by atomic mass is 16.3. The number of hydrogen-bond acceptors (Lipinski definition) is 3. The lowest BCUT2D eigenvalue weighted by Crippen LogP contribution is -2.34. The minimum atomic E-state index is -0.685. The van der Waals surface area contributed by atoms with E-state index in [1.165, 1.54) is 0 Å². The van der Waals surface area contributed by atoms with Crippen molar-refractivity contribution < 1.29 is 10.2 Å². The third-order valence-electron chi connectivity index (χ3n) is 1.63. The Hall–Kier alpha value is -0.120. The van der Waals surface area contributed by atoms with Gasteiger partial charge in [-0.15, -0.1) is 0 Å². The molecule has 1 saturated carbocycles. The fourth-order valence-corrected chi connectivity index (χ4v) is 0.990. The van der Waals surface area contributed by atoms with Crippen LogP contribution in [-0.4, -0.2) is 28.5 Å². The molecule has 3 nitrogen and oxygen atoms in total. The van der Waals surface area contributed by atoms with Gasteiger partial charge in [0.05, 0.1) is 12.2 Å². The molecular formula is C5H11NO2. The molecule has 0 saturated heterocycles. The molecule has 3 heteroatoms. The lowest BCUT2D eigenvalue weighted by atomic mass is 10.2. The number of aliphatic hydroxyl groups excluding tert-OH is 2. The monoisotopic (exact) mass is 117 g/mol. The van der Waals surface area contributed by atoms with Crippen molar-refractivity contribution in [2.24, 2.45) is 5.73 Å². The van der Waals surface area contributed by atoms with Crippen LogP contribution in [0, 0.1) is 0 Å². The highest BCUT2D eigenvalue weighted by molar-refractivity contribution is 4.86.